The van der Waals surface area contributed by atoms with E-state index in [1.807, 2.05) is 11.8 Å². The molecule has 16 heavy (non-hydrogen) atoms. The molecule has 2 unspecified atom stereocenters. The van der Waals surface area contributed by atoms with Gasteiger partial charge in [0.25, 0.3) is 0 Å². The first kappa shape index (κ1) is 12.0. The summed E-state index contributed by atoms with van der Waals surface area (Å²) in [6, 6.07) is 11.2. The van der Waals surface area contributed by atoms with E-state index in [1.54, 1.807) is 0 Å². The molecule has 3 heteroatoms. The van der Waals surface area contributed by atoms with Crippen LogP contribution in [0.3, 0.4) is 0 Å². The van der Waals surface area contributed by atoms with Crippen molar-refractivity contribution in [2.45, 2.75) is 29.5 Å². The zero-order valence-corrected chi connectivity index (χ0v) is 10.5. The third-order valence-electron chi connectivity index (χ3n) is 2.80. The van der Waals surface area contributed by atoms with Gasteiger partial charge in [-0.15, -0.1) is 11.8 Å². The zero-order valence-electron chi connectivity index (χ0n) is 9.69. The number of ether oxygens (including phenoxy) is 1. The molecular weight excluding hydrogens is 218 g/mol. The van der Waals surface area contributed by atoms with Crippen LogP contribution in [0, 0.1) is 0 Å². The molecule has 0 bridgehead atoms. The Kier molecular flexibility index (Phi) is 4.69. The zero-order chi connectivity index (χ0) is 11.2. The summed E-state index contributed by atoms with van der Waals surface area (Å²) in [6.07, 6.45) is 1.12. The van der Waals surface area contributed by atoms with E-state index in [-0.39, 0.29) is 0 Å². The number of nitrogens with one attached hydrogen (secondary N) is 1. The molecule has 0 radical (unpaired) electrons. The Hall–Kier alpha value is -0.510. The molecule has 1 aliphatic heterocycles. The second kappa shape index (κ2) is 6.28. The molecule has 1 fully saturated rings. The molecule has 1 saturated heterocycles. The normalized spacial score (nSPS) is 25.6. The van der Waals surface area contributed by atoms with Gasteiger partial charge >= 0.3 is 0 Å². The van der Waals surface area contributed by atoms with Crippen molar-refractivity contribution in [3.05, 3.63) is 30.3 Å². The molecule has 2 rings (SSSR count). The van der Waals surface area contributed by atoms with Gasteiger partial charge in [0.05, 0.1) is 6.61 Å². The van der Waals surface area contributed by atoms with Crippen LogP contribution < -0.4 is 5.32 Å². The summed E-state index contributed by atoms with van der Waals surface area (Å²) >= 11 is 1.93. The van der Waals surface area contributed by atoms with Gasteiger partial charge in [-0.25, -0.2) is 0 Å². The maximum Gasteiger partial charge on any atom is 0.0603 e. The number of benzene rings is 1. The van der Waals surface area contributed by atoms with E-state index < -0.39 is 0 Å². The highest BCUT2D eigenvalue weighted by Gasteiger charge is 2.25. The van der Waals surface area contributed by atoms with Crippen LogP contribution in [0.15, 0.2) is 35.2 Å². The molecule has 0 spiro atoms. The summed E-state index contributed by atoms with van der Waals surface area (Å²) in [5.41, 5.74) is 0. The Balaban J connectivity index is 1.96. The molecule has 88 valence electrons. The minimum Gasteiger partial charge on any atom is -0.380 e. The predicted octanol–water partition coefficient (Wildman–Crippen LogP) is 2.55. The van der Waals surface area contributed by atoms with Crippen molar-refractivity contribution in [1.82, 2.24) is 5.32 Å². The SMILES string of the molecule is CCNC1CCOCC1Sc1ccccc1. The highest BCUT2D eigenvalue weighted by atomic mass is 32.2. The molecule has 1 heterocycles. The van der Waals surface area contributed by atoms with E-state index in [2.05, 4.69) is 42.6 Å². The average molecular weight is 237 g/mol. The summed E-state index contributed by atoms with van der Waals surface area (Å²) in [7, 11) is 0. The largest absolute Gasteiger partial charge is 0.380 e. The van der Waals surface area contributed by atoms with Crippen molar-refractivity contribution in [2.24, 2.45) is 0 Å². The molecule has 2 atom stereocenters. The Morgan fingerprint density at radius 3 is 2.94 bits per heavy atom. The predicted molar refractivity (Wildman–Crippen MR) is 69.0 cm³/mol. The van der Waals surface area contributed by atoms with E-state index >= 15 is 0 Å². The number of thioether (sulfide) groups is 1. The minimum absolute atomic E-state index is 0.538. The Morgan fingerprint density at radius 2 is 2.19 bits per heavy atom. The van der Waals surface area contributed by atoms with Gasteiger partial charge in [-0.05, 0) is 25.1 Å². The fraction of sp³-hybridized carbons (Fsp3) is 0.538. The van der Waals surface area contributed by atoms with E-state index in [0.717, 1.165) is 26.2 Å². The van der Waals surface area contributed by atoms with Gasteiger partial charge in [0.15, 0.2) is 0 Å². The summed E-state index contributed by atoms with van der Waals surface area (Å²) in [4.78, 5) is 1.33. The van der Waals surface area contributed by atoms with E-state index in [9.17, 15) is 0 Å². The monoisotopic (exact) mass is 237 g/mol. The Bertz CT molecular complexity index is 302. The van der Waals surface area contributed by atoms with E-state index in [0.29, 0.717) is 11.3 Å². The Labute approximate surface area is 102 Å². The first-order chi connectivity index (χ1) is 7.90. The maximum atomic E-state index is 5.57. The maximum absolute atomic E-state index is 5.57. The summed E-state index contributed by atoms with van der Waals surface area (Å²) < 4.78 is 5.57. The fourth-order valence-corrected chi connectivity index (χ4v) is 3.22. The van der Waals surface area contributed by atoms with Crippen molar-refractivity contribution >= 4 is 11.8 Å². The first-order valence-electron chi connectivity index (χ1n) is 5.93. The average Bonchev–Trinajstić information content (AvgIpc) is 2.33. The summed E-state index contributed by atoms with van der Waals surface area (Å²) in [6.45, 7) is 4.96. The number of hydrogen-bond acceptors (Lipinski definition) is 3. The van der Waals surface area contributed by atoms with Crippen LogP contribution in [0.5, 0.6) is 0 Å². The second-order valence-electron chi connectivity index (χ2n) is 4.00. The molecule has 0 saturated carbocycles. The third-order valence-corrected chi connectivity index (χ3v) is 4.11. The second-order valence-corrected chi connectivity index (χ2v) is 5.31. The Morgan fingerprint density at radius 1 is 1.38 bits per heavy atom. The molecule has 1 aromatic rings. The van der Waals surface area contributed by atoms with Crippen LogP contribution in [0.4, 0.5) is 0 Å². The lowest BCUT2D eigenvalue weighted by Gasteiger charge is -2.31. The topological polar surface area (TPSA) is 21.3 Å². The fourth-order valence-electron chi connectivity index (χ4n) is 2.00. The van der Waals surface area contributed by atoms with E-state index in [1.165, 1.54) is 4.90 Å². The van der Waals surface area contributed by atoms with E-state index in [4.69, 9.17) is 4.74 Å². The minimum atomic E-state index is 0.538. The molecular formula is C13H19NOS. The number of rotatable bonds is 4. The van der Waals surface area contributed by atoms with Crippen LogP contribution in [-0.2, 0) is 4.74 Å². The lowest BCUT2D eigenvalue weighted by Crippen LogP contribution is -2.44. The smallest absolute Gasteiger partial charge is 0.0603 e. The molecule has 1 aromatic carbocycles. The highest BCUT2D eigenvalue weighted by Crippen LogP contribution is 2.28. The van der Waals surface area contributed by atoms with Gasteiger partial charge in [0.1, 0.15) is 0 Å². The first-order valence-corrected chi connectivity index (χ1v) is 6.81. The van der Waals surface area contributed by atoms with Crippen molar-refractivity contribution in [3.8, 4) is 0 Å². The number of hydrogen-bond donors (Lipinski definition) is 1. The van der Waals surface area contributed by atoms with Crippen LogP contribution in [0.1, 0.15) is 13.3 Å². The van der Waals surface area contributed by atoms with Crippen LogP contribution in [0.2, 0.25) is 0 Å². The van der Waals surface area contributed by atoms with Crippen LogP contribution >= 0.6 is 11.8 Å². The van der Waals surface area contributed by atoms with Gasteiger partial charge in [0, 0.05) is 22.8 Å². The van der Waals surface area contributed by atoms with Gasteiger partial charge < -0.3 is 10.1 Å². The van der Waals surface area contributed by atoms with Crippen LogP contribution in [0.25, 0.3) is 0 Å². The molecule has 0 aliphatic carbocycles. The van der Waals surface area contributed by atoms with Gasteiger partial charge in [-0.2, -0.15) is 0 Å². The molecule has 0 amide bonds. The highest BCUT2D eigenvalue weighted by molar-refractivity contribution is 8.00. The molecule has 0 aromatic heterocycles. The standard InChI is InChI=1S/C13H19NOS/c1-2-14-12-8-9-15-10-13(12)16-11-6-4-3-5-7-11/h3-7,12-14H,2,8-10H2,1H3. The van der Waals surface area contributed by atoms with Crippen LogP contribution in [-0.4, -0.2) is 31.1 Å². The summed E-state index contributed by atoms with van der Waals surface area (Å²) in [5.74, 6) is 0. The summed E-state index contributed by atoms with van der Waals surface area (Å²) in [5, 5.41) is 4.09. The van der Waals surface area contributed by atoms with Crippen molar-refractivity contribution in [1.29, 1.82) is 0 Å². The van der Waals surface area contributed by atoms with Crippen molar-refractivity contribution in [2.75, 3.05) is 19.8 Å². The quantitative estimate of drug-likeness (QED) is 0.869. The molecule has 2 nitrogen and oxygen atoms in total. The molecule has 1 N–H and O–H groups in total. The lowest BCUT2D eigenvalue weighted by molar-refractivity contribution is 0.0837. The lowest BCUT2D eigenvalue weighted by atomic mass is 10.1. The van der Waals surface area contributed by atoms with Crippen molar-refractivity contribution in [3.63, 3.8) is 0 Å². The third kappa shape index (κ3) is 3.24. The molecule has 1 aliphatic rings. The van der Waals surface area contributed by atoms with Gasteiger partial charge in [-0.3, -0.25) is 0 Å². The van der Waals surface area contributed by atoms with Gasteiger partial charge in [0.2, 0.25) is 0 Å². The van der Waals surface area contributed by atoms with Gasteiger partial charge in [-0.1, -0.05) is 25.1 Å². The van der Waals surface area contributed by atoms with Crippen molar-refractivity contribution < 1.29 is 4.74 Å².